The van der Waals surface area contributed by atoms with Crippen molar-refractivity contribution in [3.63, 3.8) is 0 Å². The van der Waals surface area contributed by atoms with E-state index in [1.165, 1.54) is 4.88 Å². The molecule has 0 unspecified atom stereocenters. The van der Waals surface area contributed by atoms with E-state index < -0.39 is 0 Å². The maximum atomic E-state index is 12.5. The van der Waals surface area contributed by atoms with Crippen LogP contribution in [0.5, 0.6) is 0 Å². The molecule has 28 heavy (non-hydrogen) atoms. The summed E-state index contributed by atoms with van der Waals surface area (Å²) < 4.78 is 1.82. The average molecular weight is 394 g/mol. The third-order valence-corrected chi connectivity index (χ3v) is 5.19. The molecule has 0 saturated carbocycles. The standard InChI is InChI=1S/C21H23N5OS/c1-3-4-5-6-7-17-10-18(12-22-11-17)21(27)25-19-13-24-26(14-19)9-8-20-16(2)23-15-28-20/h10-15H,3-5,8-9H2,1-2H3,(H,25,27). The van der Waals surface area contributed by atoms with Crippen LogP contribution in [0.15, 0.2) is 36.4 Å². The first-order chi connectivity index (χ1) is 13.7. The van der Waals surface area contributed by atoms with Gasteiger partial charge in [0.2, 0.25) is 0 Å². The van der Waals surface area contributed by atoms with Gasteiger partial charge < -0.3 is 5.32 Å². The van der Waals surface area contributed by atoms with Gasteiger partial charge in [-0.15, -0.1) is 11.3 Å². The first-order valence-corrected chi connectivity index (χ1v) is 10.2. The van der Waals surface area contributed by atoms with Crippen molar-refractivity contribution in [1.82, 2.24) is 19.7 Å². The number of nitrogens with one attached hydrogen (secondary N) is 1. The number of pyridine rings is 1. The molecule has 0 fully saturated rings. The van der Waals surface area contributed by atoms with Gasteiger partial charge in [-0.1, -0.05) is 25.2 Å². The summed E-state index contributed by atoms with van der Waals surface area (Å²) in [5.41, 5.74) is 4.81. The fourth-order valence-electron chi connectivity index (χ4n) is 2.60. The van der Waals surface area contributed by atoms with Crippen LogP contribution in [0.4, 0.5) is 5.69 Å². The van der Waals surface area contributed by atoms with Gasteiger partial charge in [0.1, 0.15) is 0 Å². The van der Waals surface area contributed by atoms with Crippen molar-refractivity contribution in [1.29, 1.82) is 0 Å². The minimum atomic E-state index is -0.220. The zero-order chi connectivity index (χ0) is 19.8. The van der Waals surface area contributed by atoms with Crippen molar-refractivity contribution in [3.05, 3.63) is 58.1 Å². The number of thiazole rings is 1. The highest BCUT2D eigenvalue weighted by atomic mass is 32.1. The van der Waals surface area contributed by atoms with E-state index in [1.54, 1.807) is 36.0 Å². The summed E-state index contributed by atoms with van der Waals surface area (Å²) >= 11 is 1.65. The van der Waals surface area contributed by atoms with E-state index >= 15 is 0 Å². The Kier molecular flexibility index (Phi) is 6.93. The molecule has 144 valence electrons. The number of aryl methyl sites for hydroxylation is 3. The van der Waals surface area contributed by atoms with Crippen molar-refractivity contribution < 1.29 is 4.79 Å². The molecule has 0 spiro atoms. The lowest BCUT2D eigenvalue weighted by Gasteiger charge is -2.03. The van der Waals surface area contributed by atoms with Crippen LogP contribution in [0.1, 0.15) is 52.7 Å². The molecule has 1 N–H and O–H groups in total. The minimum Gasteiger partial charge on any atom is -0.319 e. The van der Waals surface area contributed by atoms with Crippen molar-refractivity contribution in [2.75, 3.05) is 5.32 Å². The summed E-state index contributed by atoms with van der Waals surface area (Å²) in [5, 5.41) is 7.18. The molecule has 0 aliphatic carbocycles. The van der Waals surface area contributed by atoms with Gasteiger partial charge >= 0.3 is 0 Å². The fraction of sp³-hybridized carbons (Fsp3) is 0.333. The van der Waals surface area contributed by atoms with Crippen LogP contribution in [-0.4, -0.2) is 25.7 Å². The van der Waals surface area contributed by atoms with Gasteiger partial charge in [-0.3, -0.25) is 14.5 Å². The van der Waals surface area contributed by atoms with Crippen LogP contribution in [0.3, 0.4) is 0 Å². The second-order valence-corrected chi connectivity index (χ2v) is 7.36. The zero-order valence-electron chi connectivity index (χ0n) is 16.1. The second-order valence-electron chi connectivity index (χ2n) is 6.42. The van der Waals surface area contributed by atoms with E-state index in [0.717, 1.165) is 43.5 Å². The van der Waals surface area contributed by atoms with Crippen LogP contribution in [0.25, 0.3) is 0 Å². The molecule has 0 bridgehead atoms. The number of anilines is 1. The number of hydrogen-bond acceptors (Lipinski definition) is 5. The summed E-state index contributed by atoms with van der Waals surface area (Å²) in [4.78, 5) is 22.1. The Balaban J connectivity index is 1.58. The molecule has 6 nitrogen and oxygen atoms in total. The Labute approximate surface area is 169 Å². The second kappa shape index (κ2) is 9.81. The quantitative estimate of drug-likeness (QED) is 0.485. The number of rotatable bonds is 7. The summed E-state index contributed by atoms with van der Waals surface area (Å²) in [6.07, 6.45) is 10.6. The Hall–Kier alpha value is -2.98. The van der Waals surface area contributed by atoms with Crippen LogP contribution in [0, 0.1) is 18.8 Å². The van der Waals surface area contributed by atoms with Gasteiger partial charge in [-0.2, -0.15) is 5.10 Å². The van der Waals surface area contributed by atoms with E-state index in [4.69, 9.17) is 0 Å². The van der Waals surface area contributed by atoms with E-state index in [1.807, 2.05) is 23.3 Å². The maximum absolute atomic E-state index is 12.5. The highest BCUT2D eigenvalue weighted by Gasteiger charge is 2.09. The topological polar surface area (TPSA) is 72.7 Å². The van der Waals surface area contributed by atoms with Gasteiger partial charge in [-0.05, 0) is 19.4 Å². The minimum absolute atomic E-state index is 0.220. The molecule has 1 amide bonds. The number of aromatic nitrogens is 4. The van der Waals surface area contributed by atoms with Crippen molar-refractivity contribution in [3.8, 4) is 11.8 Å². The van der Waals surface area contributed by atoms with Crippen LogP contribution in [-0.2, 0) is 13.0 Å². The summed E-state index contributed by atoms with van der Waals surface area (Å²) in [6.45, 7) is 4.89. The van der Waals surface area contributed by atoms with Gasteiger partial charge in [0.15, 0.2) is 0 Å². The number of nitrogens with zero attached hydrogens (tertiary/aromatic N) is 4. The first-order valence-electron chi connectivity index (χ1n) is 9.32. The number of unbranched alkanes of at least 4 members (excludes halogenated alkanes) is 2. The molecule has 3 aromatic heterocycles. The molecule has 0 saturated heterocycles. The van der Waals surface area contributed by atoms with E-state index in [9.17, 15) is 4.79 Å². The third-order valence-electron chi connectivity index (χ3n) is 4.19. The lowest BCUT2D eigenvalue weighted by atomic mass is 10.2. The molecular weight excluding hydrogens is 370 g/mol. The van der Waals surface area contributed by atoms with Crippen molar-refractivity contribution in [2.45, 2.75) is 46.1 Å². The highest BCUT2D eigenvalue weighted by Crippen LogP contribution is 2.14. The van der Waals surface area contributed by atoms with E-state index in [0.29, 0.717) is 11.3 Å². The monoisotopic (exact) mass is 393 g/mol. The SMILES string of the molecule is CCCCC#Cc1cncc(C(=O)Nc2cnn(CCc3scnc3C)c2)c1. The first kappa shape index (κ1) is 19.8. The Morgan fingerprint density at radius 2 is 2.21 bits per heavy atom. The molecule has 3 rings (SSSR count). The zero-order valence-corrected chi connectivity index (χ0v) is 16.9. The average Bonchev–Trinajstić information content (AvgIpc) is 3.32. The fourth-order valence-corrected chi connectivity index (χ4v) is 3.37. The molecule has 7 heteroatoms. The Morgan fingerprint density at radius 1 is 1.32 bits per heavy atom. The number of hydrogen-bond donors (Lipinski definition) is 1. The van der Waals surface area contributed by atoms with Gasteiger partial charge in [-0.25, -0.2) is 4.98 Å². The van der Waals surface area contributed by atoms with Crippen molar-refractivity contribution >= 4 is 22.9 Å². The molecule has 3 aromatic rings. The van der Waals surface area contributed by atoms with Crippen LogP contribution in [0.2, 0.25) is 0 Å². The molecule has 0 aliphatic rings. The number of carbonyl (C=O) groups is 1. The largest absolute Gasteiger partial charge is 0.319 e. The van der Waals surface area contributed by atoms with Crippen LogP contribution < -0.4 is 5.32 Å². The Bertz CT molecular complexity index is 995. The van der Waals surface area contributed by atoms with Gasteiger partial charge in [0, 0.05) is 48.4 Å². The lowest BCUT2D eigenvalue weighted by molar-refractivity contribution is 0.102. The Morgan fingerprint density at radius 3 is 3.00 bits per heavy atom. The highest BCUT2D eigenvalue weighted by molar-refractivity contribution is 7.09. The third kappa shape index (κ3) is 5.51. The summed E-state index contributed by atoms with van der Waals surface area (Å²) in [7, 11) is 0. The predicted molar refractivity (Wildman–Crippen MR) is 111 cm³/mol. The number of carbonyl (C=O) groups excluding carboxylic acids is 1. The molecule has 0 atom stereocenters. The normalized spacial score (nSPS) is 10.4. The van der Waals surface area contributed by atoms with E-state index in [-0.39, 0.29) is 5.91 Å². The molecule has 0 aromatic carbocycles. The van der Waals surface area contributed by atoms with Crippen LogP contribution >= 0.6 is 11.3 Å². The molecule has 0 aliphatic heterocycles. The predicted octanol–water partition coefficient (Wildman–Crippen LogP) is 4.08. The maximum Gasteiger partial charge on any atom is 0.257 e. The van der Waals surface area contributed by atoms with Gasteiger partial charge in [0.05, 0.1) is 28.7 Å². The smallest absolute Gasteiger partial charge is 0.257 e. The molecule has 0 radical (unpaired) electrons. The van der Waals surface area contributed by atoms with Crippen molar-refractivity contribution in [2.24, 2.45) is 0 Å². The molecular formula is C21H23N5OS. The lowest BCUT2D eigenvalue weighted by Crippen LogP contribution is -2.12. The summed E-state index contributed by atoms with van der Waals surface area (Å²) in [6, 6.07) is 1.76. The summed E-state index contributed by atoms with van der Waals surface area (Å²) in [5.74, 6) is 5.96. The molecule has 3 heterocycles. The number of amides is 1. The van der Waals surface area contributed by atoms with E-state index in [2.05, 4.69) is 39.1 Å². The van der Waals surface area contributed by atoms with Gasteiger partial charge in [0.25, 0.3) is 5.91 Å².